The zero-order valence-corrected chi connectivity index (χ0v) is 11.2. The van der Waals surface area contributed by atoms with Crippen LogP contribution in [0.2, 0.25) is 0 Å². The number of benzene rings is 2. The van der Waals surface area contributed by atoms with Crippen molar-refractivity contribution in [1.82, 2.24) is 0 Å². The predicted molar refractivity (Wildman–Crippen MR) is 74.5 cm³/mol. The normalized spacial score (nSPS) is 12.9. The summed E-state index contributed by atoms with van der Waals surface area (Å²) in [5.74, 6) is 0.353. The summed E-state index contributed by atoms with van der Waals surface area (Å²) < 4.78 is 19.0. The van der Waals surface area contributed by atoms with E-state index in [2.05, 4.69) is 0 Å². The van der Waals surface area contributed by atoms with Gasteiger partial charge in [0.15, 0.2) is 5.78 Å². The molecule has 3 rings (SSSR count). The number of Topliss-reactive ketones (excluding diaryl/α,β-unsaturated/α-hetero) is 1. The second-order valence-corrected chi connectivity index (χ2v) is 4.91. The first-order chi connectivity index (χ1) is 10.2. The van der Waals surface area contributed by atoms with Crippen LogP contribution in [0, 0.1) is 17.1 Å². The number of rotatable bonds is 3. The van der Waals surface area contributed by atoms with Crippen LogP contribution in [0.5, 0.6) is 5.75 Å². The van der Waals surface area contributed by atoms with E-state index in [0.29, 0.717) is 35.3 Å². The van der Waals surface area contributed by atoms with E-state index >= 15 is 0 Å². The number of nitriles is 1. The highest BCUT2D eigenvalue weighted by molar-refractivity contribution is 6.01. The second kappa shape index (κ2) is 5.37. The minimum absolute atomic E-state index is 0.102. The van der Waals surface area contributed by atoms with Crippen LogP contribution >= 0.6 is 0 Å². The van der Waals surface area contributed by atoms with Crippen molar-refractivity contribution in [2.24, 2.45) is 0 Å². The standard InChI is InChI=1S/C17H12FNO2/c18-13-5-4-11(9-19)12(8-13)10-21-17-3-1-2-14-15(17)6-7-16(14)20/h1-5,8H,6-7,10H2. The Bertz CT molecular complexity index is 762. The van der Waals surface area contributed by atoms with Crippen LogP contribution in [0.25, 0.3) is 0 Å². The average molecular weight is 281 g/mol. The van der Waals surface area contributed by atoms with E-state index in [4.69, 9.17) is 10.00 Å². The van der Waals surface area contributed by atoms with Gasteiger partial charge in [0.25, 0.3) is 0 Å². The number of halogens is 1. The first-order valence-corrected chi connectivity index (χ1v) is 6.65. The van der Waals surface area contributed by atoms with Crippen LogP contribution in [0.15, 0.2) is 36.4 Å². The van der Waals surface area contributed by atoms with Crippen LogP contribution < -0.4 is 4.74 Å². The molecule has 0 amide bonds. The van der Waals surface area contributed by atoms with Crippen molar-refractivity contribution in [2.45, 2.75) is 19.4 Å². The third-order valence-corrected chi connectivity index (χ3v) is 3.61. The highest BCUT2D eigenvalue weighted by atomic mass is 19.1. The molecular weight excluding hydrogens is 269 g/mol. The van der Waals surface area contributed by atoms with Gasteiger partial charge in [0, 0.05) is 23.1 Å². The summed E-state index contributed by atoms with van der Waals surface area (Å²) in [6, 6.07) is 11.4. The Hall–Kier alpha value is -2.67. The van der Waals surface area contributed by atoms with Crippen molar-refractivity contribution in [2.75, 3.05) is 0 Å². The van der Waals surface area contributed by atoms with Crippen molar-refractivity contribution >= 4 is 5.78 Å². The third-order valence-electron chi connectivity index (χ3n) is 3.61. The molecule has 0 fully saturated rings. The summed E-state index contributed by atoms with van der Waals surface area (Å²) in [4.78, 5) is 11.7. The molecule has 0 saturated carbocycles. The Morgan fingerprint density at radius 1 is 1.24 bits per heavy atom. The number of hydrogen-bond acceptors (Lipinski definition) is 3. The molecule has 0 atom stereocenters. The summed E-state index contributed by atoms with van der Waals surface area (Å²) in [5.41, 5.74) is 2.49. The van der Waals surface area contributed by atoms with Crippen molar-refractivity contribution in [3.63, 3.8) is 0 Å². The molecule has 0 N–H and O–H groups in total. The van der Waals surface area contributed by atoms with Gasteiger partial charge < -0.3 is 4.74 Å². The molecule has 1 aliphatic carbocycles. The van der Waals surface area contributed by atoms with Crippen LogP contribution in [-0.4, -0.2) is 5.78 Å². The fraction of sp³-hybridized carbons (Fsp3) is 0.176. The molecule has 0 saturated heterocycles. The van der Waals surface area contributed by atoms with Crippen LogP contribution in [0.4, 0.5) is 4.39 Å². The third kappa shape index (κ3) is 2.50. The van der Waals surface area contributed by atoms with Gasteiger partial charge in [0.2, 0.25) is 0 Å². The zero-order chi connectivity index (χ0) is 14.8. The minimum Gasteiger partial charge on any atom is -0.489 e. The van der Waals surface area contributed by atoms with E-state index in [1.165, 1.54) is 18.2 Å². The average Bonchev–Trinajstić information content (AvgIpc) is 2.87. The summed E-state index contributed by atoms with van der Waals surface area (Å²) in [6.45, 7) is 0.102. The van der Waals surface area contributed by atoms with Gasteiger partial charge in [0.05, 0.1) is 11.6 Å². The summed E-state index contributed by atoms with van der Waals surface area (Å²) in [5, 5.41) is 9.02. The van der Waals surface area contributed by atoms with Gasteiger partial charge in [-0.1, -0.05) is 12.1 Å². The molecule has 21 heavy (non-hydrogen) atoms. The molecule has 0 aliphatic heterocycles. The summed E-state index contributed by atoms with van der Waals surface area (Å²) in [7, 11) is 0. The van der Waals surface area contributed by atoms with Crippen molar-refractivity contribution < 1.29 is 13.9 Å². The number of nitrogens with zero attached hydrogens (tertiary/aromatic N) is 1. The molecule has 0 spiro atoms. The van der Waals surface area contributed by atoms with Gasteiger partial charge in [0.1, 0.15) is 18.2 Å². The van der Waals surface area contributed by atoms with Gasteiger partial charge in [-0.3, -0.25) is 4.79 Å². The molecule has 0 heterocycles. The van der Waals surface area contributed by atoms with Crippen molar-refractivity contribution in [3.05, 3.63) is 64.5 Å². The van der Waals surface area contributed by atoms with E-state index in [0.717, 1.165) is 5.56 Å². The van der Waals surface area contributed by atoms with Gasteiger partial charge in [-0.25, -0.2) is 4.39 Å². The number of carbonyl (C=O) groups excluding carboxylic acids is 1. The molecule has 0 radical (unpaired) electrons. The van der Waals surface area contributed by atoms with Crippen LogP contribution in [0.3, 0.4) is 0 Å². The maximum atomic E-state index is 13.3. The topological polar surface area (TPSA) is 50.1 Å². The number of ketones is 1. The minimum atomic E-state index is -0.402. The van der Waals surface area contributed by atoms with Gasteiger partial charge in [-0.05, 0) is 30.7 Å². The van der Waals surface area contributed by atoms with E-state index in [1.807, 2.05) is 6.07 Å². The number of fused-ring (bicyclic) bond motifs is 1. The second-order valence-electron chi connectivity index (χ2n) is 4.91. The Labute approximate surface area is 121 Å². The Kier molecular flexibility index (Phi) is 3.41. The quantitative estimate of drug-likeness (QED) is 0.866. The van der Waals surface area contributed by atoms with Crippen LogP contribution in [0.1, 0.15) is 33.5 Å². The van der Waals surface area contributed by atoms with Gasteiger partial charge >= 0.3 is 0 Å². The largest absolute Gasteiger partial charge is 0.489 e. The smallest absolute Gasteiger partial charge is 0.163 e. The summed E-state index contributed by atoms with van der Waals surface area (Å²) in [6.07, 6.45) is 1.16. The Balaban J connectivity index is 1.85. The molecule has 0 bridgehead atoms. The van der Waals surface area contributed by atoms with Crippen LogP contribution in [-0.2, 0) is 13.0 Å². The predicted octanol–water partition coefficient (Wildman–Crippen LogP) is 3.41. The number of hydrogen-bond donors (Lipinski definition) is 0. The number of carbonyl (C=O) groups is 1. The Morgan fingerprint density at radius 3 is 2.90 bits per heavy atom. The molecule has 4 heteroatoms. The van der Waals surface area contributed by atoms with E-state index in [9.17, 15) is 9.18 Å². The lowest BCUT2D eigenvalue weighted by Crippen LogP contribution is -2.01. The lowest BCUT2D eigenvalue weighted by molar-refractivity contribution is 0.0994. The first kappa shape index (κ1) is 13.3. The molecule has 2 aromatic carbocycles. The monoisotopic (exact) mass is 281 g/mol. The fourth-order valence-electron chi connectivity index (χ4n) is 2.54. The van der Waals surface area contributed by atoms with Gasteiger partial charge in [-0.2, -0.15) is 5.26 Å². The SMILES string of the molecule is N#Cc1ccc(F)cc1COc1cccc2c1CCC2=O. The van der Waals surface area contributed by atoms with E-state index < -0.39 is 5.82 Å². The highest BCUT2D eigenvalue weighted by Gasteiger charge is 2.22. The fourth-order valence-corrected chi connectivity index (χ4v) is 2.54. The molecule has 1 aliphatic rings. The lowest BCUT2D eigenvalue weighted by atomic mass is 10.1. The molecule has 0 aromatic heterocycles. The molecular formula is C17H12FNO2. The molecule has 3 nitrogen and oxygen atoms in total. The van der Waals surface area contributed by atoms with E-state index in [1.54, 1.807) is 18.2 Å². The van der Waals surface area contributed by atoms with E-state index in [-0.39, 0.29) is 12.4 Å². The lowest BCUT2D eigenvalue weighted by Gasteiger charge is -2.11. The molecule has 0 unspecified atom stereocenters. The molecule has 2 aromatic rings. The zero-order valence-electron chi connectivity index (χ0n) is 11.2. The first-order valence-electron chi connectivity index (χ1n) is 6.65. The highest BCUT2D eigenvalue weighted by Crippen LogP contribution is 2.31. The number of ether oxygens (including phenoxy) is 1. The van der Waals surface area contributed by atoms with Crippen molar-refractivity contribution in [1.29, 1.82) is 5.26 Å². The van der Waals surface area contributed by atoms with Gasteiger partial charge in [-0.15, -0.1) is 0 Å². The van der Waals surface area contributed by atoms with Crippen molar-refractivity contribution in [3.8, 4) is 11.8 Å². The maximum Gasteiger partial charge on any atom is 0.163 e. The molecule has 104 valence electrons. The Morgan fingerprint density at radius 2 is 2.10 bits per heavy atom. The maximum absolute atomic E-state index is 13.3. The summed E-state index contributed by atoms with van der Waals surface area (Å²) >= 11 is 0.